The summed E-state index contributed by atoms with van der Waals surface area (Å²) in [5.41, 5.74) is 0.744. The van der Waals surface area contributed by atoms with Gasteiger partial charge in [0.1, 0.15) is 0 Å². The van der Waals surface area contributed by atoms with Crippen molar-refractivity contribution in [3.8, 4) is 0 Å². The number of esters is 1. The Bertz CT molecular complexity index is 664. The van der Waals surface area contributed by atoms with Crippen molar-refractivity contribution in [2.24, 2.45) is 0 Å². The smallest absolute Gasteiger partial charge is 0.308 e. The summed E-state index contributed by atoms with van der Waals surface area (Å²) in [5, 5.41) is 2.91. The lowest BCUT2D eigenvalue weighted by Crippen LogP contribution is -2.37. The topological polar surface area (TPSA) is 84.4 Å². The van der Waals surface area contributed by atoms with Crippen LogP contribution < -0.4 is 10.2 Å². The minimum Gasteiger partial charge on any atom is -0.452 e. The Balaban J connectivity index is 1.77. The molecule has 2 rings (SSSR count). The molecule has 0 aliphatic rings. The maximum absolute atomic E-state index is 12.3. The van der Waals surface area contributed by atoms with Gasteiger partial charge in [0, 0.05) is 31.7 Å². The fourth-order valence-electron chi connectivity index (χ4n) is 2.02. The van der Waals surface area contributed by atoms with E-state index in [-0.39, 0.29) is 12.3 Å². The molecule has 0 saturated heterocycles. The van der Waals surface area contributed by atoms with Crippen molar-refractivity contribution in [1.82, 2.24) is 9.97 Å². The molecule has 1 atom stereocenters. The van der Waals surface area contributed by atoms with Gasteiger partial charge in [-0.1, -0.05) is 18.2 Å². The minimum atomic E-state index is -0.851. The minimum absolute atomic E-state index is 0.116. The highest BCUT2D eigenvalue weighted by Gasteiger charge is 2.22. The Morgan fingerprint density at radius 2 is 1.83 bits per heavy atom. The van der Waals surface area contributed by atoms with Crippen LogP contribution in [0.2, 0.25) is 0 Å². The Morgan fingerprint density at radius 3 is 2.50 bits per heavy atom. The monoisotopic (exact) mass is 328 g/mol. The van der Waals surface area contributed by atoms with E-state index < -0.39 is 12.1 Å². The van der Waals surface area contributed by atoms with E-state index in [4.69, 9.17) is 4.74 Å². The first-order valence-corrected chi connectivity index (χ1v) is 7.61. The maximum atomic E-state index is 12.3. The van der Waals surface area contributed by atoms with Gasteiger partial charge < -0.3 is 15.0 Å². The van der Waals surface area contributed by atoms with Crippen molar-refractivity contribution in [2.45, 2.75) is 19.4 Å². The van der Waals surface area contributed by atoms with Crippen LogP contribution in [0.15, 0.2) is 48.8 Å². The lowest BCUT2D eigenvalue weighted by Gasteiger charge is -2.21. The Morgan fingerprint density at radius 1 is 1.17 bits per heavy atom. The summed E-state index contributed by atoms with van der Waals surface area (Å²) >= 11 is 0. The molecule has 1 amide bonds. The molecule has 0 spiro atoms. The second kappa shape index (κ2) is 8.61. The van der Waals surface area contributed by atoms with Gasteiger partial charge in [-0.25, -0.2) is 9.97 Å². The third kappa shape index (κ3) is 5.05. The second-order valence-electron chi connectivity index (χ2n) is 5.11. The van der Waals surface area contributed by atoms with Crippen LogP contribution in [0.1, 0.15) is 13.3 Å². The number of ether oxygens (including phenoxy) is 1. The number of carbonyl (C=O) groups is 2. The molecule has 1 aromatic carbocycles. The van der Waals surface area contributed by atoms with Crippen molar-refractivity contribution >= 4 is 23.5 Å². The van der Waals surface area contributed by atoms with E-state index in [1.807, 2.05) is 30.3 Å². The van der Waals surface area contributed by atoms with Gasteiger partial charge in [0.25, 0.3) is 5.91 Å². The number of hydrogen-bond acceptors (Lipinski definition) is 6. The summed E-state index contributed by atoms with van der Waals surface area (Å²) in [7, 11) is 1.65. The largest absolute Gasteiger partial charge is 0.452 e. The van der Waals surface area contributed by atoms with Gasteiger partial charge in [0.2, 0.25) is 5.95 Å². The predicted molar refractivity (Wildman–Crippen MR) is 90.5 cm³/mol. The van der Waals surface area contributed by atoms with Crippen molar-refractivity contribution in [2.75, 3.05) is 23.8 Å². The van der Waals surface area contributed by atoms with Gasteiger partial charge >= 0.3 is 5.97 Å². The van der Waals surface area contributed by atoms with E-state index >= 15 is 0 Å². The van der Waals surface area contributed by atoms with Gasteiger partial charge in [0.15, 0.2) is 6.10 Å². The van der Waals surface area contributed by atoms with Gasteiger partial charge in [-0.2, -0.15) is 0 Å². The average molecular weight is 328 g/mol. The number of anilines is 2. The molecule has 1 unspecified atom stereocenters. The Kier molecular flexibility index (Phi) is 6.24. The van der Waals surface area contributed by atoms with E-state index in [0.717, 1.165) is 5.69 Å². The summed E-state index contributed by atoms with van der Waals surface area (Å²) in [6.07, 6.45) is 2.47. The first-order chi connectivity index (χ1) is 11.6. The number of benzene rings is 1. The van der Waals surface area contributed by atoms with Crippen LogP contribution in [0.25, 0.3) is 0 Å². The van der Waals surface area contributed by atoms with Crippen LogP contribution in [0, 0.1) is 0 Å². The standard InChI is InChI=1S/C17H20N4O3/c1-13(16(23)21(2)14-7-4-3-5-8-14)24-15(22)9-12-20-17-18-10-6-11-19-17/h3-8,10-11,13H,9,12H2,1-2H3,(H,18,19,20). The molecule has 0 aliphatic heterocycles. The van der Waals surface area contributed by atoms with E-state index in [1.54, 1.807) is 32.4 Å². The third-order valence-electron chi connectivity index (χ3n) is 3.31. The molecule has 0 bridgehead atoms. The van der Waals surface area contributed by atoms with Crippen LogP contribution in [0.5, 0.6) is 0 Å². The average Bonchev–Trinajstić information content (AvgIpc) is 2.62. The van der Waals surface area contributed by atoms with Crippen molar-refractivity contribution in [3.63, 3.8) is 0 Å². The van der Waals surface area contributed by atoms with Crippen molar-refractivity contribution in [1.29, 1.82) is 0 Å². The number of hydrogen-bond donors (Lipinski definition) is 1. The predicted octanol–water partition coefficient (Wildman–Crippen LogP) is 1.87. The molecule has 0 aliphatic carbocycles. The third-order valence-corrected chi connectivity index (χ3v) is 3.31. The highest BCUT2D eigenvalue weighted by atomic mass is 16.5. The molecule has 126 valence electrons. The normalized spacial score (nSPS) is 11.4. The zero-order chi connectivity index (χ0) is 17.4. The molecule has 1 N–H and O–H groups in total. The highest BCUT2D eigenvalue weighted by Crippen LogP contribution is 2.13. The number of likely N-dealkylation sites (N-methyl/N-ethyl adjacent to an activating group) is 1. The van der Waals surface area contributed by atoms with Crippen LogP contribution in [-0.2, 0) is 14.3 Å². The molecular formula is C17H20N4O3. The molecule has 24 heavy (non-hydrogen) atoms. The first kappa shape index (κ1) is 17.4. The number of aromatic nitrogens is 2. The van der Waals surface area contributed by atoms with E-state index in [0.29, 0.717) is 12.5 Å². The van der Waals surface area contributed by atoms with Gasteiger partial charge in [0.05, 0.1) is 6.42 Å². The summed E-state index contributed by atoms with van der Waals surface area (Å²) < 4.78 is 5.18. The van der Waals surface area contributed by atoms with Gasteiger partial charge in [-0.3, -0.25) is 9.59 Å². The molecule has 2 aromatic rings. The maximum Gasteiger partial charge on any atom is 0.308 e. The quantitative estimate of drug-likeness (QED) is 0.781. The summed E-state index contributed by atoms with van der Waals surface area (Å²) in [5.74, 6) is -0.298. The number of carbonyl (C=O) groups excluding carboxylic acids is 2. The number of para-hydroxylation sites is 1. The first-order valence-electron chi connectivity index (χ1n) is 7.61. The van der Waals surface area contributed by atoms with Gasteiger partial charge in [-0.05, 0) is 25.1 Å². The van der Waals surface area contributed by atoms with Crippen LogP contribution in [-0.4, -0.2) is 41.5 Å². The lowest BCUT2D eigenvalue weighted by atomic mass is 10.2. The van der Waals surface area contributed by atoms with Crippen LogP contribution >= 0.6 is 0 Å². The van der Waals surface area contributed by atoms with Crippen molar-refractivity contribution in [3.05, 3.63) is 48.8 Å². The van der Waals surface area contributed by atoms with Crippen LogP contribution in [0.4, 0.5) is 11.6 Å². The molecule has 0 fully saturated rings. The highest BCUT2D eigenvalue weighted by molar-refractivity contribution is 5.96. The second-order valence-corrected chi connectivity index (χ2v) is 5.11. The molecule has 0 saturated carbocycles. The molecule has 7 nitrogen and oxygen atoms in total. The Labute approximate surface area is 140 Å². The lowest BCUT2D eigenvalue weighted by molar-refractivity contribution is -0.153. The summed E-state index contributed by atoms with van der Waals surface area (Å²) in [6, 6.07) is 10.9. The number of nitrogens with zero attached hydrogens (tertiary/aromatic N) is 3. The van der Waals surface area contributed by atoms with Crippen molar-refractivity contribution < 1.29 is 14.3 Å². The molecular weight excluding hydrogens is 308 g/mol. The Hall–Kier alpha value is -2.96. The zero-order valence-corrected chi connectivity index (χ0v) is 13.7. The van der Waals surface area contributed by atoms with Crippen LogP contribution in [0.3, 0.4) is 0 Å². The van der Waals surface area contributed by atoms with E-state index in [9.17, 15) is 9.59 Å². The molecule has 7 heteroatoms. The number of nitrogens with one attached hydrogen (secondary N) is 1. The summed E-state index contributed by atoms with van der Waals surface area (Å²) in [6.45, 7) is 1.89. The fraction of sp³-hybridized carbons (Fsp3) is 0.294. The zero-order valence-electron chi connectivity index (χ0n) is 13.7. The van der Waals surface area contributed by atoms with E-state index in [2.05, 4.69) is 15.3 Å². The fourth-order valence-corrected chi connectivity index (χ4v) is 2.02. The van der Waals surface area contributed by atoms with E-state index in [1.165, 1.54) is 4.90 Å². The molecule has 1 aromatic heterocycles. The molecule has 1 heterocycles. The number of rotatable bonds is 7. The molecule has 0 radical (unpaired) electrons. The SMILES string of the molecule is CC(OC(=O)CCNc1ncccn1)C(=O)N(C)c1ccccc1. The number of amides is 1. The summed E-state index contributed by atoms with van der Waals surface area (Å²) in [4.78, 5) is 33.6. The van der Waals surface area contributed by atoms with Gasteiger partial charge in [-0.15, -0.1) is 0 Å².